The fraction of sp³-hybridized carbons (Fsp3) is 0.500. The lowest BCUT2D eigenvalue weighted by Gasteiger charge is -2.40. The average Bonchev–Trinajstić information content (AvgIpc) is 2.77. The van der Waals surface area contributed by atoms with Crippen molar-refractivity contribution < 1.29 is 9.59 Å². The standard InChI is InChI=1S/C24H33ClN6O2S/c1-16(2)8-9-26-22(32)15-34-23-28-20(25)13-21(29-23)30-10-11-31(18(4)14-30)24(33)27-19-7-5-6-17(3)12-19/h5-7,12-13,16,18H,8-11,14-15H2,1-4H3,(H,26,32)(H,27,33). The van der Waals surface area contributed by atoms with Gasteiger partial charge in [-0.05, 0) is 43.9 Å². The highest BCUT2D eigenvalue weighted by atomic mass is 35.5. The van der Waals surface area contributed by atoms with Crippen LogP contribution in [-0.4, -0.2) is 64.8 Å². The quantitative estimate of drug-likeness (QED) is 0.314. The number of anilines is 2. The van der Waals surface area contributed by atoms with Crippen molar-refractivity contribution in [1.29, 1.82) is 0 Å². The molecule has 1 aliphatic heterocycles. The van der Waals surface area contributed by atoms with Crippen LogP contribution >= 0.6 is 23.4 Å². The highest BCUT2D eigenvalue weighted by Crippen LogP contribution is 2.24. The van der Waals surface area contributed by atoms with E-state index in [0.717, 1.165) is 17.7 Å². The topological polar surface area (TPSA) is 90.5 Å². The van der Waals surface area contributed by atoms with Crippen molar-refractivity contribution >= 4 is 46.8 Å². The van der Waals surface area contributed by atoms with Gasteiger partial charge in [0, 0.05) is 44.0 Å². The molecular formula is C24H33ClN6O2S. The number of nitrogens with zero attached hydrogens (tertiary/aromatic N) is 4. The van der Waals surface area contributed by atoms with Crippen LogP contribution in [0.5, 0.6) is 0 Å². The molecule has 10 heteroatoms. The predicted octanol–water partition coefficient (Wildman–Crippen LogP) is 4.44. The van der Waals surface area contributed by atoms with Crippen molar-refractivity contribution in [3.63, 3.8) is 0 Å². The molecule has 0 radical (unpaired) electrons. The van der Waals surface area contributed by atoms with Gasteiger partial charge in [0.25, 0.3) is 0 Å². The fourth-order valence-electron chi connectivity index (χ4n) is 3.68. The zero-order chi connectivity index (χ0) is 24.7. The van der Waals surface area contributed by atoms with Crippen LogP contribution in [0, 0.1) is 12.8 Å². The fourth-order valence-corrected chi connectivity index (χ4v) is 4.59. The van der Waals surface area contributed by atoms with Crippen molar-refractivity contribution in [2.75, 3.05) is 42.1 Å². The largest absolute Gasteiger partial charge is 0.355 e. The smallest absolute Gasteiger partial charge is 0.322 e. The van der Waals surface area contributed by atoms with E-state index < -0.39 is 0 Å². The van der Waals surface area contributed by atoms with Crippen LogP contribution in [0.25, 0.3) is 0 Å². The van der Waals surface area contributed by atoms with E-state index in [1.165, 1.54) is 11.8 Å². The SMILES string of the molecule is Cc1cccc(NC(=O)N2CCN(c3cc(Cl)nc(SCC(=O)NCCC(C)C)n3)CC2C)c1. The molecule has 2 heterocycles. The van der Waals surface area contributed by atoms with Crippen LogP contribution in [-0.2, 0) is 4.79 Å². The molecule has 1 aliphatic rings. The van der Waals surface area contributed by atoms with Crippen LogP contribution in [0.15, 0.2) is 35.5 Å². The Balaban J connectivity index is 1.56. The number of hydrogen-bond donors (Lipinski definition) is 2. The van der Waals surface area contributed by atoms with E-state index in [0.29, 0.717) is 48.2 Å². The Labute approximate surface area is 210 Å². The van der Waals surface area contributed by atoms with Crippen molar-refractivity contribution in [3.8, 4) is 0 Å². The highest BCUT2D eigenvalue weighted by Gasteiger charge is 2.28. The van der Waals surface area contributed by atoms with Crippen LogP contribution < -0.4 is 15.5 Å². The number of aromatic nitrogens is 2. The van der Waals surface area contributed by atoms with Crippen molar-refractivity contribution in [1.82, 2.24) is 20.2 Å². The van der Waals surface area contributed by atoms with Gasteiger partial charge < -0.3 is 20.4 Å². The van der Waals surface area contributed by atoms with E-state index in [9.17, 15) is 9.59 Å². The molecule has 0 bridgehead atoms. The normalized spacial score (nSPS) is 16.0. The van der Waals surface area contributed by atoms with Crippen LogP contribution in [0.3, 0.4) is 0 Å². The molecule has 1 atom stereocenters. The molecule has 8 nitrogen and oxygen atoms in total. The highest BCUT2D eigenvalue weighted by molar-refractivity contribution is 7.99. The summed E-state index contributed by atoms with van der Waals surface area (Å²) in [5, 5.41) is 6.70. The number of nitrogens with one attached hydrogen (secondary N) is 2. The summed E-state index contributed by atoms with van der Waals surface area (Å²) >= 11 is 7.52. The van der Waals surface area contributed by atoms with E-state index in [2.05, 4.69) is 39.3 Å². The molecule has 1 unspecified atom stereocenters. The van der Waals surface area contributed by atoms with Gasteiger partial charge in [-0.15, -0.1) is 0 Å². The second-order valence-corrected chi connectivity index (χ2v) is 10.3. The zero-order valence-corrected chi connectivity index (χ0v) is 21.7. The lowest BCUT2D eigenvalue weighted by Crippen LogP contribution is -2.55. The molecule has 3 amide bonds. The maximum absolute atomic E-state index is 12.8. The summed E-state index contributed by atoms with van der Waals surface area (Å²) in [6.07, 6.45) is 0.946. The monoisotopic (exact) mass is 504 g/mol. The Morgan fingerprint density at radius 3 is 2.74 bits per heavy atom. The third-order valence-electron chi connectivity index (χ3n) is 5.52. The van der Waals surface area contributed by atoms with Gasteiger partial charge >= 0.3 is 6.03 Å². The Morgan fingerprint density at radius 1 is 1.24 bits per heavy atom. The molecule has 3 rings (SSSR count). The summed E-state index contributed by atoms with van der Waals surface area (Å²) in [6, 6.07) is 9.35. The number of thioether (sulfide) groups is 1. The summed E-state index contributed by atoms with van der Waals surface area (Å²) < 4.78 is 0. The molecule has 1 saturated heterocycles. The van der Waals surface area contributed by atoms with Crippen LogP contribution in [0.4, 0.5) is 16.3 Å². The van der Waals surface area contributed by atoms with Gasteiger partial charge in [0.1, 0.15) is 11.0 Å². The van der Waals surface area contributed by atoms with E-state index >= 15 is 0 Å². The summed E-state index contributed by atoms with van der Waals surface area (Å²) in [7, 11) is 0. The van der Waals surface area contributed by atoms with Gasteiger partial charge in [0.2, 0.25) is 5.91 Å². The van der Waals surface area contributed by atoms with E-state index in [1.807, 2.05) is 43.0 Å². The minimum Gasteiger partial charge on any atom is -0.355 e. The molecule has 0 spiro atoms. The third-order valence-corrected chi connectivity index (χ3v) is 6.56. The maximum Gasteiger partial charge on any atom is 0.322 e. The number of urea groups is 1. The maximum atomic E-state index is 12.8. The zero-order valence-electron chi connectivity index (χ0n) is 20.2. The second kappa shape index (κ2) is 12.3. The van der Waals surface area contributed by atoms with Gasteiger partial charge in [-0.1, -0.05) is 49.3 Å². The van der Waals surface area contributed by atoms with Crippen LogP contribution in [0.2, 0.25) is 5.15 Å². The number of benzene rings is 1. The lowest BCUT2D eigenvalue weighted by atomic mass is 10.1. The number of rotatable bonds is 8. The van der Waals surface area contributed by atoms with Crippen molar-refractivity contribution in [2.45, 2.75) is 45.3 Å². The summed E-state index contributed by atoms with van der Waals surface area (Å²) in [6.45, 7) is 10.7. The van der Waals surface area contributed by atoms with E-state index in [-0.39, 0.29) is 23.7 Å². The van der Waals surface area contributed by atoms with Gasteiger partial charge in [0.15, 0.2) is 5.16 Å². The molecule has 184 valence electrons. The van der Waals surface area contributed by atoms with Gasteiger partial charge in [0.05, 0.1) is 5.75 Å². The van der Waals surface area contributed by atoms with E-state index in [4.69, 9.17) is 11.6 Å². The number of carbonyl (C=O) groups is 2. The summed E-state index contributed by atoms with van der Waals surface area (Å²) in [4.78, 5) is 37.7. The lowest BCUT2D eigenvalue weighted by molar-refractivity contribution is -0.118. The molecule has 2 N–H and O–H groups in total. The molecule has 34 heavy (non-hydrogen) atoms. The summed E-state index contributed by atoms with van der Waals surface area (Å²) in [5.74, 6) is 1.44. The minimum atomic E-state index is -0.113. The van der Waals surface area contributed by atoms with Gasteiger partial charge in [-0.3, -0.25) is 4.79 Å². The molecule has 0 aliphatic carbocycles. The summed E-state index contributed by atoms with van der Waals surface area (Å²) in [5.41, 5.74) is 1.88. The first-order valence-corrected chi connectivity index (χ1v) is 12.9. The van der Waals surface area contributed by atoms with Crippen LogP contribution in [0.1, 0.15) is 32.8 Å². The molecule has 1 aromatic heterocycles. The minimum absolute atomic E-state index is 0.0184. The number of amides is 3. The molecule has 2 aromatic rings. The number of carbonyl (C=O) groups excluding carboxylic acids is 2. The van der Waals surface area contributed by atoms with E-state index in [1.54, 1.807) is 6.07 Å². The van der Waals surface area contributed by atoms with Gasteiger partial charge in [-0.2, -0.15) is 0 Å². The number of hydrogen-bond acceptors (Lipinski definition) is 6. The number of piperazine rings is 1. The van der Waals surface area contributed by atoms with Crippen molar-refractivity contribution in [3.05, 3.63) is 41.0 Å². The molecule has 0 saturated carbocycles. The van der Waals surface area contributed by atoms with Gasteiger partial charge in [-0.25, -0.2) is 14.8 Å². The number of aryl methyl sites for hydroxylation is 1. The average molecular weight is 505 g/mol. The Kier molecular flexibility index (Phi) is 9.41. The Bertz CT molecular complexity index is 1010. The Hall–Kier alpha value is -2.52. The van der Waals surface area contributed by atoms with Crippen molar-refractivity contribution in [2.24, 2.45) is 5.92 Å². The third kappa shape index (κ3) is 7.77. The molecule has 1 fully saturated rings. The first-order valence-electron chi connectivity index (χ1n) is 11.5. The first kappa shape index (κ1) is 26.1. The predicted molar refractivity (Wildman–Crippen MR) is 139 cm³/mol. The Morgan fingerprint density at radius 2 is 2.03 bits per heavy atom. The molecule has 1 aromatic carbocycles. The second-order valence-electron chi connectivity index (χ2n) is 8.94. The number of halogens is 1. The molecular weight excluding hydrogens is 472 g/mol. The first-order chi connectivity index (χ1) is 16.2.